The minimum Gasteiger partial charge on any atom is -0.482 e. The van der Waals surface area contributed by atoms with Crippen LogP contribution < -0.4 is 14.4 Å². The molecule has 26 heavy (non-hydrogen) atoms. The smallest absolute Gasteiger partial charge is 0.351 e. The molecular weight excluding hydrogens is 334 g/mol. The lowest BCUT2D eigenvalue weighted by molar-refractivity contribution is -0.160. The van der Waals surface area contributed by atoms with E-state index in [4.69, 9.17) is 14.2 Å². The van der Waals surface area contributed by atoms with E-state index in [-0.39, 0.29) is 12.5 Å². The fourth-order valence-corrected chi connectivity index (χ4v) is 2.78. The molecule has 1 amide bonds. The number of carbonyl (C=O) groups is 2. The van der Waals surface area contributed by atoms with E-state index >= 15 is 0 Å². The minimum absolute atomic E-state index is 0.295. The molecule has 6 heteroatoms. The van der Waals surface area contributed by atoms with E-state index in [2.05, 4.69) is 0 Å². The third-order valence-electron chi connectivity index (χ3n) is 4.10. The number of hydrogen-bond acceptors (Lipinski definition) is 5. The van der Waals surface area contributed by atoms with Crippen LogP contribution in [0, 0.1) is 0 Å². The van der Waals surface area contributed by atoms with E-state index in [0.29, 0.717) is 18.0 Å². The highest BCUT2D eigenvalue weighted by Crippen LogP contribution is 2.33. The highest BCUT2D eigenvalue weighted by Gasteiger charge is 2.35. The highest BCUT2D eigenvalue weighted by atomic mass is 16.6. The van der Waals surface area contributed by atoms with Crippen molar-refractivity contribution >= 4 is 17.6 Å². The van der Waals surface area contributed by atoms with Crippen LogP contribution in [0.1, 0.15) is 13.8 Å². The summed E-state index contributed by atoms with van der Waals surface area (Å²) in [4.78, 5) is 26.4. The normalized spacial score (nSPS) is 18.1. The van der Waals surface area contributed by atoms with Gasteiger partial charge in [-0.3, -0.25) is 4.79 Å². The molecule has 0 saturated heterocycles. The van der Waals surface area contributed by atoms with Gasteiger partial charge >= 0.3 is 5.97 Å². The predicted molar refractivity (Wildman–Crippen MR) is 96.4 cm³/mol. The lowest BCUT2D eigenvalue weighted by Gasteiger charge is -2.30. The van der Waals surface area contributed by atoms with Gasteiger partial charge in [0.25, 0.3) is 5.91 Å². The van der Waals surface area contributed by atoms with Gasteiger partial charge in [0.05, 0.1) is 0 Å². The molecule has 0 spiro atoms. The van der Waals surface area contributed by atoms with Gasteiger partial charge in [-0.1, -0.05) is 30.3 Å². The molecule has 0 bridgehead atoms. The highest BCUT2D eigenvalue weighted by molar-refractivity contribution is 5.95. The maximum absolute atomic E-state index is 12.4. The summed E-state index contributed by atoms with van der Waals surface area (Å²) >= 11 is 0. The Morgan fingerprint density at radius 3 is 2.27 bits per heavy atom. The molecule has 0 fully saturated rings. The number of ether oxygens (including phenoxy) is 3. The first-order chi connectivity index (χ1) is 12.6. The SMILES string of the molecule is CCN(C(=O)COC(=O)C1Oc2ccccc2OC1C)c1ccccc1. The van der Waals surface area contributed by atoms with Crippen LogP contribution in [0.5, 0.6) is 11.5 Å². The first kappa shape index (κ1) is 17.8. The molecule has 2 unspecified atom stereocenters. The van der Waals surface area contributed by atoms with Crippen LogP contribution in [0.2, 0.25) is 0 Å². The van der Waals surface area contributed by atoms with Crippen LogP contribution in [-0.4, -0.2) is 37.2 Å². The maximum atomic E-state index is 12.4. The molecule has 1 heterocycles. The molecule has 0 N–H and O–H groups in total. The zero-order valence-electron chi connectivity index (χ0n) is 14.8. The van der Waals surface area contributed by atoms with Gasteiger partial charge in [-0.25, -0.2) is 4.79 Å². The maximum Gasteiger partial charge on any atom is 0.351 e. The van der Waals surface area contributed by atoms with E-state index in [1.54, 1.807) is 30.0 Å². The van der Waals surface area contributed by atoms with Gasteiger partial charge in [0.1, 0.15) is 6.10 Å². The van der Waals surface area contributed by atoms with E-state index in [1.807, 2.05) is 43.3 Å². The van der Waals surface area contributed by atoms with Crippen LogP contribution in [0.4, 0.5) is 5.69 Å². The monoisotopic (exact) mass is 355 g/mol. The molecule has 0 aromatic heterocycles. The van der Waals surface area contributed by atoms with Crippen molar-refractivity contribution in [2.75, 3.05) is 18.1 Å². The second-order valence-corrected chi connectivity index (χ2v) is 5.89. The van der Waals surface area contributed by atoms with Crippen molar-refractivity contribution < 1.29 is 23.8 Å². The fraction of sp³-hybridized carbons (Fsp3) is 0.300. The lowest BCUT2D eigenvalue weighted by atomic mass is 10.2. The summed E-state index contributed by atoms with van der Waals surface area (Å²) in [6.07, 6.45) is -1.42. The van der Waals surface area contributed by atoms with Gasteiger partial charge in [0.15, 0.2) is 18.1 Å². The predicted octanol–water partition coefficient (Wildman–Crippen LogP) is 2.81. The topological polar surface area (TPSA) is 65.1 Å². The number of anilines is 1. The number of likely N-dealkylation sites (N-methyl/N-ethyl adjacent to an activating group) is 1. The van der Waals surface area contributed by atoms with E-state index in [1.165, 1.54) is 0 Å². The standard InChI is InChI=1S/C20H21NO5/c1-3-21(15-9-5-4-6-10-15)18(22)13-24-20(23)19-14(2)25-16-11-7-8-12-17(16)26-19/h4-12,14,19H,3,13H2,1-2H3. The molecule has 1 aliphatic rings. The Labute approximate surface area is 152 Å². The Hall–Kier alpha value is -3.02. The number of nitrogens with zero attached hydrogens (tertiary/aromatic N) is 1. The first-order valence-electron chi connectivity index (χ1n) is 8.54. The second kappa shape index (κ2) is 7.91. The Morgan fingerprint density at radius 1 is 1.00 bits per heavy atom. The summed E-state index contributed by atoms with van der Waals surface area (Å²) in [6.45, 7) is 3.72. The zero-order chi connectivity index (χ0) is 18.5. The fourth-order valence-electron chi connectivity index (χ4n) is 2.78. The number of hydrogen-bond donors (Lipinski definition) is 0. The van der Waals surface area contributed by atoms with Gasteiger partial charge in [0, 0.05) is 12.2 Å². The number of amides is 1. The molecule has 3 rings (SSSR count). The van der Waals surface area contributed by atoms with Gasteiger partial charge in [0.2, 0.25) is 6.10 Å². The Morgan fingerprint density at radius 2 is 1.62 bits per heavy atom. The van der Waals surface area contributed by atoms with Crippen molar-refractivity contribution in [2.24, 2.45) is 0 Å². The van der Waals surface area contributed by atoms with Crippen molar-refractivity contribution in [2.45, 2.75) is 26.1 Å². The summed E-state index contributed by atoms with van der Waals surface area (Å²) in [7, 11) is 0. The first-order valence-corrected chi connectivity index (χ1v) is 8.54. The number of rotatable bonds is 5. The molecule has 2 aromatic carbocycles. The molecular formula is C20H21NO5. The van der Waals surface area contributed by atoms with Crippen LogP contribution in [-0.2, 0) is 14.3 Å². The molecule has 0 saturated carbocycles. The number of fused-ring (bicyclic) bond motifs is 1. The summed E-state index contributed by atoms with van der Waals surface area (Å²) in [5, 5.41) is 0. The van der Waals surface area contributed by atoms with Gasteiger partial charge in [-0.05, 0) is 38.1 Å². The van der Waals surface area contributed by atoms with Crippen LogP contribution >= 0.6 is 0 Å². The number of carbonyl (C=O) groups excluding carboxylic acids is 2. The molecule has 0 aliphatic carbocycles. The van der Waals surface area contributed by atoms with Gasteiger partial charge < -0.3 is 19.1 Å². The van der Waals surface area contributed by atoms with E-state index in [0.717, 1.165) is 5.69 Å². The molecule has 6 nitrogen and oxygen atoms in total. The quantitative estimate of drug-likeness (QED) is 0.772. The summed E-state index contributed by atoms with van der Waals surface area (Å²) in [5.74, 6) is 0.154. The lowest BCUT2D eigenvalue weighted by Crippen LogP contribution is -2.45. The largest absolute Gasteiger partial charge is 0.482 e. The summed E-state index contributed by atoms with van der Waals surface area (Å²) in [5.41, 5.74) is 0.760. The van der Waals surface area contributed by atoms with Crippen LogP contribution in [0.15, 0.2) is 54.6 Å². The minimum atomic E-state index is -0.912. The van der Waals surface area contributed by atoms with Crippen molar-refractivity contribution in [3.63, 3.8) is 0 Å². The second-order valence-electron chi connectivity index (χ2n) is 5.89. The van der Waals surface area contributed by atoms with Crippen molar-refractivity contribution in [1.82, 2.24) is 0 Å². The zero-order valence-corrected chi connectivity index (χ0v) is 14.8. The Kier molecular flexibility index (Phi) is 5.41. The van der Waals surface area contributed by atoms with Gasteiger partial charge in [-0.2, -0.15) is 0 Å². The Balaban J connectivity index is 1.61. The average Bonchev–Trinajstić information content (AvgIpc) is 2.67. The third-order valence-corrected chi connectivity index (χ3v) is 4.10. The van der Waals surface area contributed by atoms with Crippen LogP contribution in [0.3, 0.4) is 0 Å². The molecule has 2 atom stereocenters. The summed E-state index contributed by atoms with van der Waals surface area (Å²) in [6, 6.07) is 16.4. The van der Waals surface area contributed by atoms with Crippen molar-refractivity contribution in [3.05, 3.63) is 54.6 Å². The van der Waals surface area contributed by atoms with Gasteiger partial charge in [-0.15, -0.1) is 0 Å². The molecule has 2 aromatic rings. The van der Waals surface area contributed by atoms with E-state index in [9.17, 15) is 9.59 Å². The number of para-hydroxylation sites is 3. The molecule has 136 valence electrons. The third kappa shape index (κ3) is 3.79. The van der Waals surface area contributed by atoms with Crippen molar-refractivity contribution in [3.8, 4) is 11.5 Å². The Bertz CT molecular complexity index is 777. The molecule has 0 radical (unpaired) electrons. The van der Waals surface area contributed by atoms with Crippen molar-refractivity contribution in [1.29, 1.82) is 0 Å². The number of benzene rings is 2. The molecule has 1 aliphatic heterocycles. The van der Waals surface area contributed by atoms with E-state index < -0.39 is 18.2 Å². The number of esters is 1. The van der Waals surface area contributed by atoms with Crippen LogP contribution in [0.25, 0.3) is 0 Å². The summed E-state index contributed by atoms with van der Waals surface area (Å²) < 4.78 is 16.6. The average molecular weight is 355 g/mol.